The second-order valence-corrected chi connectivity index (χ2v) is 10.8. The quantitative estimate of drug-likeness (QED) is 0.386. The van der Waals surface area contributed by atoms with E-state index >= 15 is 0 Å². The molecule has 0 bridgehead atoms. The Balaban J connectivity index is 1.46. The molecule has 2 amide bonds. The van der Waals surface area contributed by atoms with E-state index in [-0.39, 0.29) is 31.1 Å². The molecule has 2 saturated heterocycles. The minimum absolute atomic E-state index is 0.00985. The predicted molar refractivity (Wildman–Crippen MR) is 142 cm³/mol. The monoisotopic (exact) mass is 547 g/mol. The van der Waals surface area contributed by atoms with E-state index in [1.165, 1.54) is 11.0 Å². The van der Waals surface area contributed by atoms with Crippen molar-refractivity contribution in [2.45, 2.75) is 45.7 Å². The summed E-state index contributed by atoms with van der Waals surface area (Å²) in [6.07, 6.45) is -0.990. The number of urea groups is 1. The van der Waals surface area contributed by atoms with Crippen LogP contribution in [-0.2, 0) is 4.74 Å². The number of hydrogen-bond donors (Lipinski definition) is 1. The molecule has 0 saturated carbocycles. The number of aryl methyl sites for hydroxylation is 1. The molecule has 39 heavy (non-hydrogen) atoms. The Morgan fingerprint density at radius 3 is 2.59 bits per heavy atom. The van der Waals surface area contributed by atoms with E-state index < -0.39 is 30.4 Å². The highest BCUT2D eigenvalue weighted by atomic mass is 19.4. The number of alkyl halides is 3. The summed E-state index contributed by atoms with van der Waals surface area (Å²) in [7, 11) is 0. The van der Waals surface area contributed by atoms with Gasteiger partial charge in [0.15, 0.2) is 5.65 Å². The lowest BCUT2D eigenvalue weighted by atomic mass is 10.00. The van der Waals surface area contributed by atoms with Gasteiger partial charge in [-0.1, -0.05) is 13.8 Å². The molecule has 0 spiro atoms. The van der Waals surface area contributed by atoms with Crippen LogP contribution in [0, 0.1) is 18.7 Å². The molecule has 210 valence electrons. The van der Waals surface area contributed by atoms with Gasteiger partial charge in [0.1, 0.15) is 5.82 Å². The fourth-order valence-electron chi connectivity index (χ4n) is 5.35. The second kappa shape index (κ2) is 10.7. The van der Waals surface area contributed by atoms with Gasteiger partial charge in [0.25, 0.3) is 0 Å². The van der Waals surface area contributed by atoms with Gasteiger partial charge in [-0.15, -0.1) is 0 Å². The predicted octanol–water partition coefficient (Wildman–Crippen LogP) is 6.22. The number of anilines is 2. The summed E-state index contributed by atoms with van der Waals surface area (Å²) in [5, 5.41) is 2.59. The number of carbonyl (C=O) groups excluding carboxylic acids is 1. The van der Waals surface area contributed by atoms with Crippen LogP contribution in [-0.4, -0.2) is 65.9 Å². The molecule has 1 N–H and O–H groups in total. The normalized spacial score (nSPS) is 18.4. The second-order valence-electron chi connectivity index (χ2n) is 10.8. The fraction of sp³-hybridized carbons (Fsp3) is 0.500. The maximum atomic E-state index is 15.0. The van der Waals surface area contributed by atoms with Gasteiger partial charge < -0.3 is 24.3 Å². The first-order valence-corrected chi connectivity index (χ1v) is 13.3. The zero-order valence-corrected chi connectivity index (χ0v) is 22.3. The molecule has 3 aromatic rings. The summed E-state index contributed by atoms with van der Waals surface area (Å²) < 4.78 is 60.9. The summed E-state index contributed by atoms with van der Waals surface area (Å²) >= 11 is 0. The molecule has 0 aliphatic carbocycles. The summed E-state index contributed by atoms with van der Waals surface area (Å²) in [5.74, 6) is -1.01. The number of amides is 2. The maximum absolute atomic E-state index is 15.0. The van der Waals surface area contributed by atoms with Crippen molar-refractivity contribution in [3.05, 3.63) is 47.7 Å². The van der Waals surface area contributed by atoms with Crippen LogP contribution in [0.1, 0.15) is 43.9 Å². The van der Waals surface area contributed by atoms with Crippen molar-refractivity contribution in [3.8, 4) is 11.1 Å². The van der Waals surface area contributed by atoms with E-state index in [1.54, 1.807) is 13.0 Å². The largest absolute Gasteiger partial charge is 0.389 e. The molecule has 2 aliphatic rings. The minimum Gasteiger partial charge on any atom is -0.378 e. The molecule has 1 aromatic carbocycles. The van der Waals surface area contributed by atoms with E-state index in [0.29, 0.717) is 18.8 Å². The molecule has 11 heteroatoms. The molecule has 2 fully saturated rings. The molecule has 4 heterocycles. The summed E-state index contributed by atoms with van der Waals surface area (Å²) in [5.41, 5.74) is 4.98. The first kappa shape index (κ1) is 27.2. The number of imidazole rings is 1. The first-order valence-electron chi connectivity index (χ1n) is 13.3. The Labute approximate surface area is 224 Å². The average Bonchev–Trinajstić information content (AvgIpc) is 3.52. The number of nitrogens with zero attached hydrogens (tertiary/aromatic N) is 4. The lowest BCUT2D eigenvalue weighted by molar-refractivity contribution is -0.143. The number of pyridine rings is 1. The van der Waals surface area contributed by atoms with Crippen LogP contribution < -0.4 is 10.2 Å². The van der Waals surface area contributed by atoms with Gasteiger partial charge in [-0.25, -0.2) is 14.2 Å². The van der Waals surface area contributed by atoms with Crippen LogP contribution in [0.4, 0.5) is 33.7 Å². The van der Waals surface area contributed by atoms with E-state index in [9.17, 15) is 22.4 Å². The van der Waals surface area contributed by atoms with Crippen LogP contribution in [0.25, 0.3) is 16.8 Å². The number of likely N-dealkylation sites (tertiary alicyclic amines) is 1. The molecule has 7 nitrogen and oxygen atoms in total. The molecular weight excluding hydrogens is 514 g/mol. The fourth-order valence-corrected chi connectivity index (χ4v) is 5.35. The lowest BCUT2D eigenvalue weighted by Gasteiger charge is -2.29. The van der Waals surface area contributed by atoms with Gasteiger partial charge in [-0.05, 0) is 54.5 Å². The van der Waals surface area contributed by atoms with Crippen molar-refractivity contribution < 1.29 is 27.1 Å². The maximum Gasteiger partial charge on any atom is 0.389 e. The van der Waals surface area contributed by atoms with Gasteiger partial charge in [-0.3, -0.25) is 0 Å². The average molecular weight is 548 g/mol. The van der Waals surface area contributed by atoms with Crippen molar-refractivity contribution >= 4 is 23.1 Å². The molecular formula is C28H33F4N5O2. The van der Waals surface area contributed by atoms with Gasteiger partial charge in [0, 0.05) is 50.6 Å². The summed E-state index contributed by atoms with van der Waals surface area (Å²) in [6, 6.07) is 4.39. The molecule has 0 unspecified atom stereocenters. The van der Waals surface area contributed by atoms with Crippen molar-refractivity contribution in [2.75, 3.05) is 49.6 Å². The molecule has 0 radical (unpaired) electrons. The number of halogens is 4. The summed E-state index contributed by atoms with van der Waals surface area (Å²) in [4.78, 5) is 21.3. The van der Waals surface area contributed by atoms with Gasteiger partial charge in [-0.2, -0.15) is 13.2 Å². The number of nitrogens with one attached hydrogen (secondary N) is 1. The molecule has 2 aliphatic heterocycles. The SMILES string of the molecule is Cc1cc(F)c(NC(=O)N2CC[C@@H](CC(F)(F)F)C2)cc1-c1cc(N2CCOCC2)c2nc(C(C)C)cn2c1. The molecule has 5 rings (SSSR count). The standard InChI is InChI=1S/C28H33F4N5O2/c1-17(2)24-16-37-15-20(11-25(26(37)33-24)35-6-8-39-9-7-35)21-12-23(22(29)10-18(21)3)34-27(38)36-5-4-19(14-36)13-28(30,31)32/h10-12,15-17,19H,4-9,13-14H2,1-3H3,(H,34,38)/t19-/m0/s1. The van der Waals surface area contributed by atoms with Crippen LogP contribution in [0.2, 0.25) is 0 Å². The smallest absolute Gasteiger partial charge is 0.378 e. The Hall–Kier alpha value is -3.34. The number of morpholine rings is 1. The van der Waals surface area contributed by atoms with Crippen LogP contribution in [0.5, 0.6) is 0 Å². The highest BCUT2D eigenvalue weighted by molar-refractivity contribution is 5.91. The third-order valence-electron chi connectivity index (χ3n) is 7.45. The van der Waals surface area contributed by atoms with Gasteiger partial charge in [0.2, 0.25) is 0 Å². The molecule has 2 aromatic heterocycles. The number of ether oxygens (including phenoxy) is 1. The third kappa shape index (κ3) is 5.98. The van der Waals surface area contributed by atoms with E-state index in [0.717, 1.165) is 41.2 Å². The minimum atomic E-state index is -4.28. The number of hydrogen-bond acceptors (Lipinski definition) is 4. The zero-order chi connectivity index (χ0) is 27.9. The van der Waals surface area contributed by atoms with Crippen molar-refractivity contribution in [1.29, 1.82) is 0 Å². The number of aromatic nitrogens is 2. The van der Waals surface area contributed by atoms with Crippen LogP contribution in [0.3, 0.4) is 0 Å². The number of benzene rings is 1. The van der Waals surface area contributed by atoms with Crippen molar-refractivity contribution in [3.63, 3.8) is 0 Å². The Morgan fingerprint density at radius 1 is 1.15 bits per heavy atom. The first-order chi connectivity index (χ1) is 18.5. The Kier molecular flexibility index (Phi) is 7.45. The van der Waals surface area contributed by atoms with E-state index in [2.05, 4.69) is 24.1 Å². The third-order valence-corrected chi connectivity index (χ3v) is 7.45. The zero-order valence-electron chi connectivity index (χ0n) is 22.3. The van der Waals surface area contributed by atoms with Crippen molar-refractivity contribution in [1.82, 2.24) is 14.3 Å². The Morgan fingerprint density at radius 2 is 1.90 bits per heavy atom. The number of carbonyl (C=O) groups is 1. The number of rotatable bonds is 5. The molecule has 1 atom stereocenters. The van der Waals surface area contributed by atoms with Gasteiger partial charge in [0.05, 0.1) is 30.3 Å². The highest BCUT2D eigenvalue weighted by Gasteiger charge is 2.36. The number of fused-ring (bicyclic) bond motifs is 1. The van der Waals surface area contributed by atoms with E-state index in [4.69, 9.17) is 9.72 Å². The van der Waals surface area contributed by atoms with Crippen LogP contribution >= 0.6 is 0 Å². The highest BCUT2D eigenvalue weighted by Crippen LogP contribution is 2.35. The lowest BCUT2D eigenvalue weighted by Crippen LogP contribution is -2.36. The van der Waals surface area contributed by atoms with Crippen LogP contribution in [0.15, 0.2) is 30.6 Å². The Bertz CT molecular complexity index is 1360. The van der Waals surface area contributed by atoms with Crippen molar-refractivity contribution in [2.24, 2.45) is 5.92 Å². The summed E-state index contributed by atoms with van der Waals surface area (Å²) in [6.45, 7) is 8.83. The topological polar surface area (TPSA) is 62.1 Å². The van der Waals surface area contributed by atoms with E-state index in [1.807, 2.05) is 22.9 Å². The van der Waals surface area contributed by atoms with Gasteiger partial charge >= 0.3 is 12.2 Å².